The van der Waals surface area contributed by atoms with Crippen molar-refractivity contribution in [1.82, 2.24) is 19.6 Å². The van der Waals surface area contributed by atoms with Gasteiger partial charge in [0, 0.05) is 39.0 Å². The summed E-state index contributed by atoms with van der Waals surface area (Å²) in [5, 5.41) is 0. The third kappa shape index (κ3) is 7.94. The molecule has 3 aliphatic heterocycles. The Morgan fingerprint density at radius 3 is 1.32 bits per heavy atom. The van der Waals surface area contributed by atoms with Gasteiger partial charge in [0.25, 0.3) is 11.8 Å². The summed E-state index contributed by atoms with van der Waals surface area (Å²) in [6.45, 7) is 5.24. The highest BCUT2D eigenvalue weighted by Gasteiger charge is 2.46. The third-order valence-corrected chi connectivity index (χ3v) is 7.72. The Morgan fingerprint density at radius 1 is 0.600 bits per heavy atom. The molecular weight excluding hydrogens is 520 g/mol. The first-order chi connectivity index (χ1) is 19.3. The van der Waals surface area contributed by atoms with E-state index in [9.17, 15) is 28.8 Å². The summed E-state index contributed by atoms with van der Waals surface area (Å²) in [7, 11) is 0. The first kappa shape index (κ1) is 31.3. The number of hydrogen-bond donors (Lipinski definition) is 0. The quantitative estimate of drug-likeness (QED) is 0.324. The summed E-state index contributed by atoms with van der Waals surface area (Å²) in [5.41, 5.74) is 0. The van der Waals surface area contributed by atoms with Crippen molar-refractivity contribution in [3.8, 4) is 0 Å². The number of rotatable bonds is 8. The number of nitrogens with zero attached hydrogens (tertiary/aromatic N) is 4. The van der Waals surface area contributed by atoms with E-state index in [1.165, 1.54) is 19.6 Å². The molecule has 3 saturated heterocycles. The number of ether oxygens (including phenoxy) is 2. The molecule has 3 heterocycles. The van der Waals surface area contributed by atoms with E-state index < -0.39 is 24.0 Å². The highest BCUT2D eigenvalue weighted by molar-refractivity contribution is 6.05. The van der Waals surface area contributed by atoms with Crippen LogP contribution in [0.25, 0.3) is 0 Å². The van der Waals surface area contributed by atoms with E-state index in [1.807, 2.05) is 0 Å². The fraction of sp³-hybridized carbons (Fsp3) is 0.786. The summed E-state index contributed by atoms with van der Waals surface area (Å²) < 4.78 is 10.0. The minimum atomic E-state index is -0.721. The summed E-state index contributed by atoms with van der Waals surface area (Å²) in [5.74, 6) is -1.35. The van der Waals surface area contributed by atoms with Crippen LogP contribution in [0.4, 0.5) is 9.59 Å². The fourth-order valence-corrected chi connectivity index (χ4v) is 5.65. The molecule has 40 heavy (non-hydrogen) atoms. The highest BCUT2D eigenvalue weighted by atomic mass is 16.5. The Labute approximate surface area is 236 Å². The maximum absolute atomic E-state index is 13.2. The van der Waals surface area contributed by atoms with E-state index in [2.05, 4.69) is 0 Å². The molecule has 12 heteroatoms. The lowest BCUT2D eigenvalue weighted by molar-refractivity contribution is -0.144. The topological polar surface area (TPSA) is 134 Å². The Morgan fingerprint density at radius 2 is 0.950 bits per heavy atom. The highest BCUT2D eigenvalue weighted by Crippen LogP contribution is 2.26. The van der Waals surface area contributed by atoms with Crippen LogP contribution in [0.3, 0.4) is 0 Å². The Kier molecular flexibility index (Phi) is 12.2. The van der Waals surface area contributed by atoms with Crippen LogP contribution < -0.4 is 0 Å². The molecule has 0 aliphatic carbocycles. The molecule has 224 valence electrons. The van der Waals surface area contributed by atoms with Crippen molar-refractivity contribution in [3.05, 3.63) is 0 Å². The van der Waals surface area contributed by atoms with Crippen molar-refractivity contribution >= 4 is 35.8 Å². The van der Waals surface area contributed by atoms with Crippen LogP contribution in [-0.2, 0) is 28.7 Å². The van der Waals surface area contributed by atoms with Gasteiger partial charge >= 0.3 is 24.0 Å². The summed E-state index contributed by atoms with van der Waals surface area (Å²) in [4.78, 5) is 82.4. The van der Waals surface area contributed by atoms with Crippen molar-refractivity contribution in [3.63, 3.8) is 0 Å². The monoisotopic (exact) mass is 564 g/mol. The van der Waals surface area contributed by atoms with Gasteiger partial charge in [-0.25, -0.2) is 9.59 Å². The number of carbonyl (C=O) groups is 6. The first-order valence-corrected chi connectivity index (χ1v) is 14.8. The Bertz CT molecular complexity index is 867. The van der Waals surface area contributed by atoms with Crippen LogP contribution >= 0.6 is 0 Å². The van der Waals surface area contributed by atoms with Gasteiger partial charge in [-0.3, -0.25) is 29.0 Å². The maximum Gasteiger partial charge on any atom is 0.327 e. The lowest BCUT2D eigenvalue weighted by Gasteiger charge is -2.24. The second kappa shape index (κ2) is 15.6. The van der Waals surface area contributed by atoms with Crippen LogP contribution in [0.2, 0.25) is 0 Å². The van der Waals surface area contributed by atoms with Gasteiger partial charge in [-0.05, 0) is 52.4 Å². The number of hydrogen-bond acceptors (Lipinski definition) is 8. The van der Waals surface area contributed by atoms with E-state index in [0.717, 1.165) is 25.7 Å². The molecule has 6 amide bonds. The number of esters is 2. The molecule has 0 saturated carbocycles. The van der Waals surface area contributed by atoms with Gasteiger partial charge in [0.2, 0.25) is 0 Å². The van der Waals surface area contributed by atoms with Crippen LogP contribution in [-0.4, -0.2) is 107 Å². The average Bonchev–Trinajstić information content (AvgIpc) is 3.28. The molecule has 12 nitrogen and oxygen atoms in total. The van der Waals surface area contributed by atoms with E-state index in [1.54, 1.807) is 13.8 Å². The molecule has 0 radical (unpaired) electrons. The largest absolute Gasteiger partial charge is 0.466 e. The van der Waals surface area contributed by atoms with Crippen molar-refractivity contribution in [2.75, 3.05) is 39.4 Å². The smallest absolute Gasteiger partial charge is 0.327 e. The van der Waals surface area contributed by atoms with Gasteiger partial charge in [-0.2, -0.15) is 0 Å². The molecular formula is C28H44N4O8. The standard InChI is InChI=1S/C28H44N4O8/c1-3-39-23(33)15-13-21-25(35)31-19-9-7-5-6-8-10-20-32-26(36)22(14-16-24(34)40-4-2)30(28(32)38)18-12-11-17-29(21)27(31)37/h21-22H,3-20H2,1-2H3. The number of amides is 6. The zero-order valence-electron chi connectivity index (χ0n) is 23.9. The van der Waals surface area contributed by atoms with Gasteiger partial charge in [0.05, 0.1) is 13.2 Å². The lowest BCUT2D eigenvalue weighted by atomic mass is 10.1. The predicted molar refractivity (Wildman–Crippen MR) is 144 cm³/mol. The van der Waals surface area contributed by atoms with Crippen LogP contribution in [0, 0.1) is 0 Å². The molecule has 0 aromatic rings. The molecule has 3 aliphatic rings. The van der Waals surface area contributed by atoms with Crippen molar-refractivity contribution in [2.45, 2.75) is 103 Å². The predicted octanol–water partition coefficient (Wildman–Crippen LogP) is 3.07. The first-order valence-electron chi connectivity index (χ1n) is 14.8. The average molecular weight is 565 g/mol. The zero-order valence-corrected chi connectivity index (χ0v) is 23.9. The molecule has 0 N–H and O–H groups in total. The third-order valence-electron chi connectivity index (χ3n) is 7.72. The van der Waals surface area contributed by atoms with Crippen molar-refractivity contribution in [1.29, 1.82) is 0 Å². The van der Waals surface area contributed by atoms with Crippen molar-refractivity contribution < 1.29 is 38.2 Å². The van der Waals surface area contributed by atoms with Gasteiger partial charge in [-0.1, -0.05) is 25.7 Å². The Hall–Kier alpha value is -3.18. The van der Waals surface area contributed by atoms with E-state index in [4.69, 9.17) is 9.47 Å². The van der Waals surface area contributed by atoms with Gasteiger partial charge in [-0.15, -0.1) is 0 Å². The van der Waals surface area contributed by atoms with E-state index in [0.29, 0.717) is 51.9 Å². The number of urea groups is 2. The van der Waals surface area contributed by atoms with Gasteiger partial charge in [0.1, 0.15) is 12.1 Å². The van der Waals surface area contributed by atoms with E-state index >= 15 is 0 Å². The van der Waals surface area contributed by atoms with Gasteiger partial charge < -0.3 is 19.3 Å². The SMILES string of the molecule is CCOC(=O)CCC1C(=O)N2CCCCCCCCN3C(=O)C(CCC(=O)OCC)N(CCCCN1C2=O)C3=O. The molecule has 3 rings (SSSR count). The fourth-order valence-electron chi connectivity index (χ4n) is 5.65. The minimum Gasteiger partial charge on any atom is -0.466 e. The molecule has 0 aromatic heterocycles. The second-order valence-corrected chi connectivity index (χ2v) is 10.5. The van der Waals surface area contributed by atoms with Crippen LogP contribution in [0.1, 0.15) is 90.9 Å². The number of imide groups is 2. The summed E-state index contributed by atoms with van der Waals surface area (Å²) >= 11 is 0. The normalized spacial score (nSPS) is 23.4. The molecule has 0 aromatic carbocycles. The van der Waals surface area contributed by atoms with Gasteiger partial charge in [0.15, 0.2) is 0 Å². The molecule has 3 fully saturated rings. The molecule has 2 atom stereocenters. The number of carbonyl (C=O) groups excluding carboxylic acids is 6. The molecule has 0 spiro atoms. The van der Waals surface area contributed by atoms with E-state index in [-0.39, 0.29) is 62.8 Å². The number of fused-ring (bicyclic) bond motifs is 4. The minimum absolute atomic E-state index is 0.0459. The van der Waals surface area contributed by atoms with Crippen molar-refractivity contribution in [2.24, 2.45) is 0 Å². The zero-order chi connectivity index (χ0) is 29.1. The summed E-state index contributed by atoms with van der Waals surface area (Å²) in [6.07, 6.45) is 6.46. The second-order valence-electron chi connectivity index (χ2n) is 10.5. The lowest BCUT2D eigenvalue weighted by Crippen LogP contribution is -2.38. The summed E-state index contributed by atoms with van der Waals surface area (Å²) in [6, 6.07) is -2.12. The Balaban J connectivity index is 1.71. The van der Waals surface area contributed by atoms with Crippen LogP contribution in [0.15, 0.2) is 0 Å². The van der Waals surface area contributed by atoms with Crippen LogP contribution in [0.5, 0.6) is 0 Å². The molecule has 2 unspecified atom stereocenters. The maximum atomic E-state index is 13.2. The molecule has 4 bridgehead atoms.